The molecule has 0 aliphatic heterocycles. The van der Waals surface area contributed by atoms with Gasteiger partial charge < -0.3 is 5.32 Å². The Bertz CT molecular complexity index is 1040. The molecule has 0 bridgehead atoms. The molecule has 0 aliphatic rings. The van der Waals surface area contributed by atoms with Crippen LogP contribution in [0.2, 0.25) is 0 Å². The first-order valence-corrected chi connectivity index (χ1v) is 7.46. The zero-order valence-electron chi connectivity index (χ0n) is 12.3. The van der Waals surface area contributed by atoms with Gasteiger partial charge in [0.2, 0.25) is 0 Å². The van der Waals surface area contributed by atoms with Gasteiger partial charge in [0, 0.05) is 24.8 Å². The van der Waals surface area contributed by atoms with Crippen LogP contribution in [-0.2, 0) is 14.1 Å². The predicted octanol–water partition coefficient (Wildman–Crippen LogP) is 2.28. The molecular formula is C15H12BrFN4O2. The monoisotopic (exact) mass is 378 g/mol. The molecule has 0 unspecified atom stereocenters. The number of aromatic nitrogens is 3. The maximum Gasteiger partial charge on any atom is 0.332 e. The van der Waals surface area contributed by atoms with Crippen LogP contribution in [0.25, 0.3) is 11.0 Å². The number of rotatable bonds is 2. The number of nitrogens with one attached hydrogen (secondary N) is 1. The Morgan fingerprint density at radius 1 is 1.13 bits per heavy atom. The molecule has 0 fully saturated rings. The molecule has 0 amide bonds. The maximum atomic E-state index is 14.0. The lowest BCUT2D eigenvalue weighted by molar-refractivity contribution is 0.631. The summed E-state index contributed by atoms with van der Waals surface area (Å²) in [6.07, 6.45) is 1.46. The number of fused-ring (bicyclic) bond motifs is 1. The van der Waals surface area contributed by atoms with E-state index in [0.717, 1.165) is 4.57 Å². The van der Waals surface area contributed by atoms with E-state index in [2.05, 4.69) is 26.2 Å². The van der Waals surface area contributed by atoms with E-state index in [1.807, 2.05) is 0 Å². The molecule has 3 aromatic rings. The molecule has 1 N–H and O–H groups in total. The molecule has 1 aromatic carbocycles. The fourth-order valence-corrected chi connectivity index (χ4v) is 2.66. The average Bonchev–Trinajstić information content (AvgIpc) is 2.53. The van der Waals surface area contributed by atoms with Crippen LogP contribution in [0.1, 0.15) is 0 Å². The minimum absolute atomic E-state index is 0.219. The summed E-state index contributed by atoms with van der Waals surface area (Å²) in [7, 11) is 2.92. The first kappa shape index (κ1) is 15.4. The van der Waals surface area contributed by atoms with Gasteiger partial charge in [-0.25, -0.2) is 14.2 Å². The fraction of sp³-hybridized carbons (Fsp3) is 0.133. The number of aryl methyl sites for hydroxylation is 1. The Hall–Kier alpha value is -2.48. The number of hydrogen-bond acceptors (Lipinski definition) is 4. The van der Waals surface area contributed by atoms with E-state index >= 15 is 0 Å². The highest BCUT2D eigenvalue weighted by Crippen LogP contribution is 2.25. The normalized spacial score (nSPS) is 11.0. The summed E-state index contributed by atoms with van der Waals surface area (Å²) in [6.45, 7) is 0. The van der Waals surface area contributed by atoms with Crippen LogP contribution in [0.3, 0.4) is 0 Å². The molecule has 23 heavy (non-hydrogen) atoms. The zero-order valence-corrected chi connectivity index (χ0v) is 13.9. The van der Waals surface area contributed by atoms with Gasteiger partial charge in [-0.1, -0.05) is 15.9 Å². The number of halogens is 2. The topological polar surface area (TPSA) is 68.9 Å². The van der Waals surface area contributed by atoms with E-state index in [4.69, 9.17) is 0 Å². The molecule has 118 valence electrons. The number of hydrogen-bond donors (Lipinski definition) is 1. The summed E-state index contributed by atoms with van der Waals surface area (Å²) >= 11 is 3.19. The summed E-state index contributed by atoms with van der Waals surface area (Å²) in [5.41, 5.74) is -0.122. The lowest BCUT2D eigenvalue weighted by Gasteiger charge is -2.12. The minimum Gasteiger partial charge on any atom is -0.352 e. The second-order valence-electron chi connectivity index (χ2n) is 5.01. The molecule has 0 spiro atoms. The van der Waals surface area contributed by atoms with Crippen molar-refractivity contribution in [2.24, 2.45) is 14.1 Å². The highest BCUT2D eigenvalue weighted by molar-refractivity contribution is 9.10. The van der Waals surface area contributed by atoms with Crippen molar-refractivity contribution in [3.63, 3.8) is 0 Å². The molecule has 0 aliphatic carbocycles. The van der Waals surface area contributed by atoms with Gasteiger partial charge in [-0.2, -0.15) is 0 Å². The Morgan fingerprint density at radius 2 is 1.87 bits per heavy atom. The summed E-state index contributed by atoms with van der Waals surface area (Å²) < 4.78 is 16.9. The van der Waals surface area contributed by atoms with Gasteiger partial charge >= 0.3 is 5.69 Å². The van der Waals surface area contributed by atoms with Crippen LogP contribution in [0.5, 0.6) is 0 Å². The summed E-state index contributed by atoms with van der Waals surface area (Å²) in [5.74, 6) is -0.467. The number of anilines is 2. The summed E-state index contributed by atoms with van der Waals surface area (Å²) in [5, 5.41) is 3.11. The SMILES string of the molecule is Cn1c(=O)c2c(Nc3ccc(Br)cc3F)ccnc2n(C)c1=O. The van der Waals surface area contributed by atoms with Crippen LogP contribution >= 0.6 is 15.9 Å². The standard InChI is InChI=1S/C15H12BrFN4O2/c1-20-13-12(14(22)21(2)15(20)23)11(5-6-18-13)19-10-4-3-8(16)7-9(10)17/h3-7H,1-2H3,(H,18,19). The number of benzene rings is 1. The van der Waals surface area contributed by atoms with Crippen LogP contribution in [0.15, 0.2) is 44.5 Å². The molecular weight excluding hydrogens is 367 g/mol. The van der Waals surface area contributed by atoms with E-state index in [1.165, 1.54) is 30.9 Å². The third-order valence-electron chi connectivity index (χ3n) is 3.54. The maximum absolute atomic E-state index is 14.0. The second-order valence-corrected chi connectivity index (χ2v) is 5.93. The lowest BCUT2D eigenvalue weighted by atomic mass is 10.2. The average molecular weight is 379 g/mol. The third-order valence-corrected chi connectivity index (χ3v) is 4.03. The van der Waals surface area contributed by atoms with Crippen molar-refractivity contribution in [2.45, 2.75) is 0 Å². The van der Waals surface area contributed by atoms with Crippen molar-refractivity contribution in [1.82, 2.24) is 14.1 Å². The van der Waals surface area contributed by atoms with Crippen LogP contribution in [0.4, 0.5) is 15.8 Å². The Balaban J connectivity index is 2.27. The fourth-order valence-electron chi connectivity index (χ4n) is 2.33. The molecule has 2 aromatic heterocycles. The second kappa shape index (κ2) is 5.62. The van der Waals surface area contributed by atoms with Crippen molar-refractivity contribution < 1.29 is 4.39 Å². The summed E-state index contributed by atoms with van der Waals surface area (Å²) in [6, 6.07) is 6.12. The van der Waals surface area contributed by atoms with E-state index in [1.54, 1.807) is 18.2 Å². The first-order valence-electron chi connectivity index (χ1n) is 6.67. The van der Waals surface area contributed by atoms with Crippen molar-refractivity contribution in [2.75, 3.05) is 5.32 Å². The minimum atomic E-state index is -0.490. The Kier molecular flexibility index (Phi) is 3.77. The number of nitrogens with zero attached hydrogens (tertiary/aromatic N) is 3. The van der Waals surface area contributed by atoms with Gasteiger partial charge in [0.15, 0.2) is 5.65 Å². The van der Waals surface area contributed by atoms with E-state index in [0.29, 0.717) is 10.2 Å². The Morgan fingerprint density at radius 3 is 2.57 bits per heavy atom. The van der Waals surface area contributed by atoms with Gasteiger partial charge in [-0.15, -0.1) is 0 Å². The van der Waals surface area contributed by atoms with Crippen LogP contribution < -0.4 is 16.6 Å². The highest BCUT2D eigenvalue weighted by Gasteiger charge is 2.14. The van der Waals surface area contributed by atoms with Gasteiger partial charge in [-0.3, -0.25) is 13.9 Å². The van der Waals surface area contributed by atoms with Gasteiger partial charge in [-0.05, 0) is 24.3 Å². The van der Waals surface area contributed by atoms with Gasteiger partial charge in [0.25, 0.3) is 5.56 Å². The van der Waals surface area contributed by atoms with E-state index in [9.17, 15) is 14.0 Å². The molecule has 3 rings (SSSR count). The van der Waals surface area contributed by atoms with E-state index < -0.39 is 17.1 Å². The Labute approximate surface area is 138 Å². The van der Waals surface area contributed by atoms with Crippen molar-refractivity contribution >= 4 is 38.3 Å². The molecule has 0 saturated heterocycles. The van der Waals surface area contributed by atoms with Crippen LogP contribution in [-0.4, -0.2) is 14.1 Å². The largest absolute Gasteiger partial charge is 0.352 e. The smallest absolute Gasteiger partial charge is 0.332 e. The lowest BCUT2D eigenvalue weighted by Crippen LogP contribution is -2.37. The molecule has 0 atom stereocenters. The van der Waals surface area contributed by atoms with Gasteiger partial charge in [0.05, 0.1) is 11.4 Å². The first-order chi connectivity index (χ1) is 10.9. The van der Waals surface area contributed by atoms with Crippen molar-refractivity contribution in [3.8, 4) is 0 Å². The molecule has 0 saturated carbocycles. The number of pyridine rings is 1. The summed E-state index contributed by atoms with van der Waals surface area (Å²) in [4.78, 5) is 28.5. The van der Waals surface area contributed by atoms with Crippen LogP contribution in [0, 0.1) is 5.82 Å². The highest BCUT2D eigenvalue weighted by atomic mass is 79.9. The zero-order chi connectivity index (χ0) is 16.7. The molecule has 8 heteroatoms. The third kappa shape index (κ3) is 2.55. The molecule has 2 heterocycles. The quantitative estimate of drug-likeness (QED) is 0.742. The van der Waals surface area contributed by atoms with Crippen molar-refractivity contribution in [3.05, 3.63) is 61.6 Å². The van der Waals surface area contributed by atoms with Gasteiger partial charge in [0.1, 0.15) is 11.2 Å². The molecule has 0 radical (unpaired) electrons. The van der Waals surface area contributed by atoms with E-state index in [-0.39, 0.29) is 16.7 Å². The molecule has 6 nitrogen and oxygen atoms in total. The van der Waals surface area contributed by atoms with Crippen molar-refractivity contribution in [1.29, 1.82) is 0 Å². The predicted molar refractivity (Wildman–Crippen MR) is 89.6 cm³/mol.